The molecule has 0 unspecified atom stereocenters. The third kappa shape index (κ3) is 2.02. The highest BCUT2D eigenvalue weighted by atomic mass is 35.5. The molecule has 8 nitrogen and oxygen atoms in total. The predicted octanol–water partition coefficient (Wildman–Crippen LogP) is 1.02. The van der Waals surface area contributed by atoms with Crippen LogP contribution in [0.4, 0.5) is 10.5 Å². The standard InChI is InChI=1S/C7H6ClN3O5S2/c8-6-4(11(13)14)3-5(17-6)18(15,16)10-2-1-9-7(10)12/h3H,1-2H2,(H,9,12). The van der Waals surface area contributed by atoms with E-state index in [0.29, 0.717) is 15.6 Å². The maximum atomic E-state index is 12.0. The molecular weight excluding hydrogens is 306 g/mol. The van der Waals surface area contributed by atoms with E-state index in [4.69, 9.17) is 11.6 Å². The SMILES string of the molecule is O=C1NCCN1S(=O)(=O)c1cc([N+](=O)[O-])c(Cl)s1. The van der Waals surface area contributed by atoms with Crippen LogP contribution < -0.4 is 5.32 Å². The summed E-state index contributed by atoms with van der Waals surface area (Å²) in [6, 6.07) is 0.107. The fourth-order valence-corrected chi connectivity index (χ4v) is 4.51. The first kappa shape index (κ1) is 13.1. The zero-order chi connectivity index (χ0) is 13.5. The number of hydrogen-bond donors (Lipinski definition) is 1. The van der Waals surface area contributed by atoms with Crippen molar-refractivity contribution in [2.75, 3.05) is 13.1 Å². The molecule has 18 heavy (non-hydrogen) atoms. The first-order valence-corrected chi connectivity index (χ1v) is 7.22. The highest BCUT2D eigenvalue weighted by molar-refractivity contribution is 7.91. The molecule has 2 rings (SSSR count). The fraction of sp³-hybridized carbons (Fsp3) is 0.286. The molecule has 1 aromatic rings. The maximum absolute atomic E-state index is 12.0. The molecule has 0 atom stereocenters. The largest absolute Gasteiger partial charge is 0.335 e. The molecule has 2 heterocycles. The maximum Gasteiger partial charge on any atom is 0.331 e. The van der Waals surface area contributed by atoms with Gasteiger partial charge in [-0.25, -0.2) is 17.5 Å². The van der Waals surface area contributed by atoms with Gasteiger partial charge in [-0.05, 0) is 0 Å². The summed E-state index contributed by atoms with van der Waals surface area (Å²) in [5.41, 5.74) is -0.486. The Morgan fingerprint density at radius 3 is 2.67 bits per heavy atom. The lowest BCUT2D eigenvalue weighted by Crippen LogP contribution is -2.33. The van der Waals surface area contributed by atoms with Crippen LogP contribution in [-0.2, 0) is 10.0 Å². The van der Waals surface area contributed by atoms with Gasteiger partial charge in [0, 0.05) is 12.6 Å². The summed E-state index contributed by atoms with van der Waals surface area (Å²) in [7, 11) is -4.07. The Labute approximate surface area is 110 Å². The van der Waals surface area contributed by atoms with Gasteiger partial charge in [-0.3, -0.25) is 10.1 Å². The molecule has 0 spiro atoms. The molecular formula is C7H6ClN3O5S2. The number of urea groups is 1. The summed E-state index contributed by atoms with van der Waals surface area (Å²) in [6.45, 7) is 0.198. The van der Waals surface area contributed by atoms with Crippen molar-refractivity contribution in [1.82, 2.24) is 9.62 Å². The summed E-state index contributed by atoms with van der Waals surface area (Å²) in [6.07, 6.45) is 0. The number of hydrogen-bond acceptors (Lipinski definition) is 6. The number of nitrogens with one attached hydrogen (secondary N) is 1. The molecule has 1 aliphatic heterocycles. The van der Waals surface area contributed by atoms with Crippen molar-refractivity contribution in [1.29, 1.82) is 0 Å². The topological polar surface area (TPSA) is 110 Å². The molecule has 98 valence electrons. The molecule has 0 aliphatic carbocycles. The monoisotopic (exact) mass is 311 g/mol. The second kappa shape index (κ2) is 4.37. The zero-order valence-electron chi connectivity index (χ0n) is 8.62. The van der Waals surface area contributed by atoms with Crippen LogP contribution in [0, 0.1) is 10.1 Å². The van der Waals surface area contributed by atoms with E-state index in [0.717, 1.165) is 6.07 Å². The Morgan fingerprint density at radius 2 is 2.22 bits per heavy atom. The molecule has 0 aromatic carbocycles. The molecule has 2 amide bonds. The Bertz CT molecular complexity index is 625. The Hall–Kier alpha value is -1.39. The van der Waals surface area contributed by atoms with Crippen LogP contribution in [0.15, 0.2) is 10.3 Å². The van der Waals surface area contributed by atoms with Crippen molar-refractivity contribution < 1.29 is 18.1 Å². The molecule has 0 saturated carbocycles. The second-order valence-electron chi connectivity index (χ2n) is 3.29. The van der Waals surface area contributed by atoms with Gasteiger partial charge in [-0.15, -0.1) is 11.3 Å². The quantitative estimate of drug-likeness (QED) is 0.662. The van der Waals surface area contributed by atoms with Gasteiger partial charge in [0.05, 0.1) is 11.5 Å². The minimum absolute atomic E-state index is 0.00944. The molecule has 1 N–H and O–H groups in total. The number of carbonyl (C=O) groups is 1. The number of halogens is 1. The van der Waals surface area contributed by atoms with Crippen LogP contribution >= 0.6 is 22.9 Å². The molecule has 1 saturated heterocycles. The van der Waals surface area contributed by atoms with Crippen molar-refractivity contribution in [3.63, 3.8) is 0 Å². The Kier molecular flexibility index (Phi) is 3.17. The van der Waals surface area contributed by atoms with E-state index < -0.39 is 26.7 Å². The minimum atomic E-state index is -4.07. The molecule has 11 heteroatoms. The van der Waals surface area contributed by atoms with Gasteiger partial charge in [0.2, 0.25) is 0 Å². The van der Waals surface area contributed by atoms with Gasteiger partial charge in [0.1, 0.15) is 4.21 Å². The number of carbonyl (C=O) groups excluding carboxylic acids is 1. The minimum Gasteiger partial charge on any atom is -0.335 e. The Balaban J connectivity index is 2.45. The van der Waals surface area contributed by atoms with Crippen molar-refractivity contribution in [3.05, 3.63) is 20.5 Å². The van der Waals surface area contributed by atoms with Crippen LogP contribution in [0.3, 0.4) is 0 Å². The van der Waals surface area contributed by atoms with E-state index in [9.17, 15) is 23.3 Å². The summed E-state index contributed by atoms with van der Waals surface area (Å²) in [5, 5.41) is 12.9. The van der Waals surface area contributed by atoms with E-state index in [1.54, 1.807) is 0 Å². The van der Waals surface area contributed by atoms with Crippen molar-refractivity contribution in [2.45, 2.75) is 4.21 Å². The van der Waals surface area contributed by atoms with Crippen LogP contribution in [0.5, 0.6) is 0 Å². The number of nitro groups is 1. The molecule has 1 aromatic heterocycles. The zero-order valence-corrected chi connectivity index (χ0v) is 11.0. The third-order valence-corrected chi connectivity index (χ3v) is 5.77. The van der Waals surface area contributed by atoms with Gasteiger partial charge in [-0.2, -0.15) is 0 Å². The third-order valence-electron chi connectivity index (χ3n) is 2.20. The van der Waals surface area contributed by atoms with Crippen LogP contribution in [-0.4, -0.2) is 36.8 Å². The number of rotatable bonds is 3. The van der Waals surface area contributed by atoms with Gasteiger partial charge in [-0.1, -0.05) is 11.6 Å². The summed E-state index contributed by atoms with van der Waals surface area (Å²) < 4.78 is 24.1. The number of amides is 2. The van der Waals surface area contributed by atoms with Gasteiger partial charge in [0.25, 0.3) is 15.7 Å². The average molecular weight is 312 g/mol. The fourth-order valence-electron chi connectivity index (χ4n) is 1.38. The smallest absolute Gasteiger partial charge is 0.331 e. The predicted molar refractivity (Wildman–Crippen MR) is 63.3 cm³/mol. The number of nitrogens with zero attached hydrogens (tertiary/aromatic N) is 2. The Morgan fingerprint density at radius 1 is 1.56 bits per heavy atom. The lowest BCUT2D eigenvalue weighted by atomic mass is 10.6. The summed E-state index contributed by atoms with van der Waals surface area (Å²) in [4.78, 5) is 21.1. The van der Waals surface area contributed by atoms with Crippen molar-refractivity contribution in [3.8, 4) is 0 Å². The lowest BCUT2D eigenvalue weighted by molar-refractivity contribution is -0.384. The molecule has 1 aliphatic rings. The molecule has 0 bridgehead atoms. The molecule has 1 fully saturated rings. The van der Waals surface area contributed by atoms with Crippen LogP contribution in [0.1, 0.15) is 0 Å². The van der Waals surface area contributed by atoms with Crippen molar-refractivity contribution >= 4 is 44.7 Å². The van der Waals surface area contributed by atoms with Crippen LogP contribution in [0.25, 0.3) is 0 Å². The van der Waals surface area contributed by atoms with E-state index >= 15 is 0 Å². The van der Waals surface area contributed by atoms with E-state index in [1.807, 2.05) is 0 Å². The first-order valence-electron chi connectivity index (χ1n) is 4.58. The summed E-state index contributed by atoms with van der Waals surface area (Å²) in [5.74, 6) is 0. The van der Waals surface area contributed by atoms with E-state index in [-0.39, 0.29) is 21.6 Å². The number of sulfonamides is 1. The summed E-state index contributed by atoms with van der Waals surface area (Å²) >= 11 is 6.14. The first-order chi connectivity index (χ1) is 8.34. The van der Waals surface area contributed by atoms with E-state index in [2.05, 4.69) is 5.32 Å². The van der Waals surface area contributed by atoms with Crippen LogP contribution in [0.2, 0.25) is 4.34 Å². The lowest BCUT2D eigenvalue weighted by Gasteiger charge is -2.12. The van der Waals surface area contributed by atoms with Crippen molar-refractivity contribution in [2.24, 2.45) is 0 Å². The number of thiophene rings is 1. The average Bonchev–Trinajstić information content (AvgIpc) is 2.84. The normalized spacial score (nSPS) is 15.8. The van der Waals surface area contributed by atoms with Gasteiger partial charge >= 0.3 is 6.03 Å². The van der Waals surface area contributed by atoms with Gasteiger partial charge in [0.15, 0.2) is 4.34 Å². The highest BCUT2D eigenvalue weighted by Crippen LogP contribution is 2.37. The van der Waals surface area contributed by atoms with E-state index in [1.165, 1.54) is 0 Å². The second-order valence-corrected chi connectivity index (χ2v) is 7.03. The highest BCUT2D eigenvalue weighted by Gasteiger charge is 2.36. The van der Waals surface area contributed by atoms with Gasteiger partial charge < -0.3 is 5.32 Å². The molecule has 0 radical (unpaired) electrons.